The summed E-state index contributed by atoms with van der Waals surface area (Å²) in [7, 11) is 0. The van der Waals surface area contributed by atoms with E-state index in [1.807, 2.05) is 0 Å². The van der Waals surface area contributed by atoms with Gasteiger partial charge in [0.1, 0.15) is 0 Å². The lowest BCUT2D eigenvalue weighted by molar-refractivity contribution is -0.540. The van der Waals surface area contributed by atoms with Gasteiger partial charge < -0.3 is 5.21 Å². The Hall–Kier alpha value is -0.680. The average molecular weight is 174 g/mol. The molecule has 70 valence electrons. The van der Waals surface area contributed by atoms with E-state index in [2.05, 4.69) is 0 Å². The highest BCUT2D eigenvalue weighted by molar-refractivity contribution is 4.80. The molecule has 0 aromatic rings. The first-order valence-corrected chi connectivity index (χ1v) is 4.13. The monoisotopic (exact) mass is 174 g/mol. The van der Waals surface area contributed by atoms with E-state index in [-0.39, 0.29) is 16.9 Å². The van der Waals surface area contributed by atoms with Crippen LogP contribution < -0.4 is 0 Å². The summed E-state index contributed by atoms with van der Waals surface area (Å²) >= 11 is 0. The van der Waals surface area contributed by atoms with E-state index >= 15 is 0 Å². The summed E-state index contributed by atoms with van der Waals surface area (Å²) < 4.78 is 0. The fourth-order valence-corrected chi connectivity index (χ4v) is 1.62. The van der Waals surface area contributed by atoms with Gasteiger partial charge in [-0.15, -0.1) is 0 Å². The third kappa shape index (κ3) is 1.56. The predicted molar refractivity (Wildman–Crippen MR) is 42.5 cm³/mol. The van der Waals surface area contributed by atoms with Crippen LogP contribution >= 0.6 is 0 Å². The topological polar surface area (TPSA) is 66.6 Å². The molecule has 1 heterocycles. The Morgan fingerprint density at radius 1 is 1.58 bits per heavy atom. The van der Waals surface area contributed by atoms with Crippen molar-refractivity contribution in [1.29, 1.82) is 0 Å². The minimum absolute atomic E-state index is 0.0845. The number of nitro groups is 1. The molecule has 1 aliphatic rings. The molecule has 1 saturated heterocycles. The van der Waals surface area contributed by atoms with Gasteiger partial charge >= 0.3 is 0 Å². The van der Waals surface area contributed by atoms with Crippen molar-refractivity contribution in [3.05, 3.63) is 10.1 Å². The van der Waals surface area contributed by atoms with E-state index in [0.29, 0.717) is 13.0 Å². The van der Waals surface area contributed by atoms with E-state index in [1.54, 1.807) is 13.8 Å². The maximum atomic E-state index is 10.5. The van der Waals surface area contributed by atoms with Gasteiger partial charge in [-0.2, -0.15) is 5.06 Å². The Kier molecular flexibility index (Phi) is 2.64. The van der Waals surface area contributed by atoms with Crippen LogP contribution in [0.25, 0.3) is 0 Å². The summed E-state index contributed by atoms with van der Waals surface area (Å²) in [5.74, 6) is -0.0845. The summed E-state index contributed by atoms with van der Waals surface area (Å²) in [5.41, 5.74) is 0. The van der Waals surface area contributed by atoms with E-state index in [0.717, 1.165) is 0 Å². The molecule has 0 aromatic carbocycles. The van der Waals surface area contributed by atoms with Crippen molar-refractivity contribution in [3.63, 3.8) is 0 Å². The zero-order valence-electron chi connectivity index (χ0n) is 7.30. The van der Waals surface area contributed by atoms with Crippen molar-refractivity contribution in [2.24, 2.45) is 5.92 Å². The van der Waals surface area contributed by atoms with Gasteiger partial charge in [0.25, 0.3) is 0 Å². The van der Waals surface area contributed by atoms with Crippen LogP contribution in [0.2, 0.25) is 0 Å². The smallest absolute Gasteiger partial charge is 0.218 e. The predicted octanol–water partition coefficient (Wildman–Crippen LogP) is 0.751. The maximum Gasteiger partial charge on any atom is 0.218 e. The number of hydroxylamine groups is 2. The Labute approximate surface area is 71.1 Å². The van der Waals surface area contributed by atoms with Gasteiger partial charge in [-0.25, -0.2) is 0 Å². The highest BCUT2D eigenvalue weighted by Crippen LogP contribution is 2.23. The molecule has 0 saturated carbocycles. The molecule has 1 N–H and O–H groups in total. The molecular weight excluding hydrogens is 160 g/mol. The largest absolute Gasteiger partial charge is 0.314 e. The number of hydrogen-bond acceptors (Lipinski definition) is 4. The van der Waals surface area contributed by atoms with Gasteiger partial charge in [0.15, 0.2) is 0 Å². The molecule has 5 nitrogen and oxygen atoms in total. The zero-order valence-corrected chi connectivity index (χ0v) is 7.30. The standard InChI is InChI=1S/C7H14N2O3/c1-5-6(2)8(10)4-3-7(5)9(11)12/h5-7,10H,3-4H2,1-2H3. The second kappa shape index (κ2) is 3.37. The van der Waals surface area contributed by atoms with Crippen molar-refractivity contribution < 1.29 is 10.1 Å². The number of nitrogens with zero attached hydrogens (tertiary/aromatic N) is 2. The second-order valence-electron chi connectivity index (χ2n) is 3.40. The molecule has 0 spiro atoms. The van der Waals surface area contributed by atoms with Crippen LogP contribution in [0.5, 0.6) is 0 Å². The normalized spacial score (nSPS) is 38.1. The average Bonchev–Trinajstić information content (AvgIpc) is 2.00. The van der Waals surface area contributed by atoms with Crippen molar-refractivity contribution in [1.82, 2.24) is 5.06 Å². The first kappa shape index (κ1) is 9.41. The molecule has 1 rings (SSSR count). The Morgan fingerprint density at radius 3 is 2.67 bits per heavy atom. The fourth-order valence-electron chi connectivity index (χ4n) is 1.62. The van der Waals surface area contributed by atoms with Crippen LogP contribution in [0.1, 0.15) is 20.3 Å². The first-order chi connectivity index (χ1) is 5.54. The van der Waals surface area contributed by atoms with Crippen LogP contribution in [0, 0.1) is 16.0 Å². The molecule has 1 aliphatic heterocycles. The summed E-state index contributed by atoms with van der Waals surface area (Å²) in [5, 5.41) is 21.0. The summed E-state index contributed by atoms with van der Waals surface area (Å²) in [6, 6.07) is -0.613. The molecule has 1 fully saturated rings. The molecular formula is C7H14N2O3. The van der Waals surface area contributed by atoms with Crippen LogP contribution in [0.4, 0.5) is 0 Å². The molecule has 0 amide bonds. The van der Waals surface area contributed by atoms with Crippen LogP contribution in [-0.4, -0.2) is 33.8 Å². The molecule has 0 aliphatic carbocycles. The second-order valence-corrected chi connectivity index (χ2v) is 3.40. The number of piperidine rings is 1. The van der Waals surface area contributed by atoms with Gasteiger partial charge in [0.2, 0.25) is 6.04 Å². The van der Waals surface area contributed by atoms with Gasteiger partial charge in [0.05, 0.1) is 0 Å². The van der Waals surface area contributed by atoms with Crippen LogP contribution in [0.3, 0.4) is 0 Å². The van der Waals surface area contributed by atoms with Gasteiger partial charge in [0, 0.05) is 29.8 Å². The van der Waals surface area contributed by atoms with Gasteiger partial charge in [-0.1, -0.05) is 6.92 Å². The van der Waals surface area contributed by atoms with Gasteiger partial charge in [-0.3, -0.25) is 10.1 Å². The van der Waals surface area contributed by atoms with Crippen molar-refractivity contribution in [3.8, 4) is 0 Å². The third-order valence-corrected chi connectivity index (χ3v) is 2.76. The highest BCUT2D eigenvalue weighted by atomic mass is 16.6. The summed E-state index contributed by atoms with van der Waals surface area (Å²) in [4.78, 5) is 10.3. The molecule has 5 heteroatoms. The van der Waals surface area contributed by atoms with Crippen molar-refractivity contribution in [2.75, 3.05) is 6.54 Å². The Balaban J connectivity index is 2.65. The third-order valence-electron chi connectivity index (χ3n) is 2.76. The SMILES string of the molecule is CC1C(C)N(O)CCC1[N+](=O)[O-]. The fraction of sp³-hybridized carbons (Fsp3) is 1.00. The van der Waals surface area contributed by atoms with E-state index < -0.39 is 6.04 Å². The molecule has 0 aromatic heterocycles. The molecule has 3 unspecified atom stereocenters. The molecule has 12 heavy (non-hydrogen) atoms. The van der Waals surface area contributed by atoms with Crippen molar-refractivity contribution in [2.45, 2.75) is 32.4 Å². The summed E-state index contributed by atoms with van der Waals surface area (Å²) in [6.07, 6.45) is 0.439. The minimum Gasteiger partial charge on any atom is -0.314 e. The van der Waals surface area contributed by atoms with E-state index in [9.17, 15) is 15.3 Å². The van der Waals surface area contributed by atoms with E-state index in [4.69, 9.17) is 0 Å². The first-order valence-electron chi connectivity index (χ1n) is 4.13. The number of rotatable bonds is 1. The quantitative estimate of drug-likeness (QED) is 0.470. The molecule has 0 bridgehead atoms. The van der Waals surface area contributed by atoms with Gasteiger partial charge in [-0.05, 0) is 6.92 Å². The maximum absolute atomic E-state index is 10.5. The van der Waals surface area contributed by atoms with E-state index in [1.165, 1.54) is 5.06 Å². The molecule has 3 atom stereocenters. The van der Waals surface area contributed by atoms with Crippen LogP contribution in [0.15, 0.2) is 0 Å². The zero-order chi connectivity index (χ0) is 9.30. The van der Waals surface area contributed by atoms with Crippen molar-refractivity contribution >= 4 is 0 Å². The number of hydrogen-bond donors (Lipinski definition) is 1. The van der Waals surface area contributed by atoms with Crippen LogP contribution in [-0.2, 0) is 0 Å². The molecule has 0 radical (unpaired) electrons. The highest BCUT2D eigenvalue weighted by Gasteiger charge is 2.38. The lowest BCUT2D eigenvalue weighted by Gasteiger charge is -2.34. The lowest BCUT2D eigenvalue weighted by Crippen LogP contribution is -2.49. The summed E-state index contributed by atoms with van der Waals surface area (Å²) in [6.45, 7) is 4.01. The Bertz CT molecular complexity index is 185. The lowest BCUT2D eigenvalue weighted by atomic mass is 9.89. The minimum atomic E-state index is -0.497. The Morgan fingerprint density at radius 2 is 2.17 bits per heavy atom.